The summed E-state index contributed by atoms with van der Waals surface area (Å²) >= 11 is 0. The number of amidine groups is 1. The fourth-order valence-electron chi connectivity index (χ4n) is 6.31. The van der Waals surface area contributed by atoms with Crippen molar-refractivity contribution in [2.45, 2.75) is 36.7 Å². The van der Waals surface area contributed by atoms with Gasteiger partial charge in [0.2, 0.25) is 0 Å². The van der Waals surface area contributed by atoms with E-state index >= 15 is 0 Å². The number of nitrogens with one attached hydrogen (secondary N) is 2. The topological polar surface area (TPSA) is 131 Å². The van der Waals surface area contributed by atoms with E-state index < -0.39 is 32.8 Å². The number of carbonyl (C=O) groups excluding carboxylic acids is 1. The van der Waals surface area contributed by atoms with Gasteiger partial charge in [0.05, 0.1) is 11.3 Å². The number of hydrogen-bond acceptors (Lipinski definition) is 6. The Morgan fingerprint density at radius 3 is 2.61 bits per heavy atom. The predicted octanol–water partition coefficient (Wildman–Crippen LogP) is -0.881. The van der Waals surface area contributed by atoms with Gasteiger partial charge in [-0.1, -0.05) is 12.1 Å². The van der Waals surface area contributed by atoms with Crippen LogP contribution in [0.2, 0.25) is 0 Å². The molecule has 9 nitrogen and oxygen atoms in total. The number of amides is 1. The van der Waals surface area contributed by atoms with Gasteiger partial charge in [-0.05, 0) is 72.9 Å². The molecule has 2 aromatic carbocycles. The predicted molar refractivity (Wildman–Crippen MR) is 134 cm³/mol. The molecule has 2 aliphatic carbocycles. The van der Waals surface area contributed by atoms with E-state index in [0.717, 1.165) is 24.8 Å². The van der Waals surface area contributed by atoms with Crippen molar-refractivity contribution in [2.24, 2.45) is 22.2 Å². The molecule has 194 valence electrons. The third-order valence-corrected chi connectivity index (χ3v) is 9.58. The number of nitrogens with zero attached hydrogens (tertiary/aromatic N) is 2. The Labute approximate surface area is 244 Å². The minimum Gasteiger partial charge on any atom is -0.875 e. The zero-order chi connectivity index (χ0) is 26.1. The number of halogens is 1. The van der Waals surface area contributed by atoms with Gasteiger partial charge >= 0.3 is 29.6 Å². The molecule has 2 heterocycles. The van der Waals surface area contributed by atoms with Crippen LogP contribution in [0.25, 0.3) is 0 Å². The van der Waals surface area contributed by atoms with Crippen molar-refractivity contribution >= 4 is 44.1 Å². The molecule has 5 atom stereocenters. The first-order chi connectivity index (χ1) is 17.6. The van der Waals surface area contributed by atoms with Crippen LogP contribution < -0.4 is 44.7 Å². The van der Waals surface area contributed by atoms with Crippen molar-refractivity contribution < 1.29 is 56.5 Å². The van der Waals surface area contributed by atoms with Crippen LogP contribution in [0.1, 0.15) is 24.8 Å². The summed E-state index contributed by atoms with van der Waals surface area (Å²) in [4.78, 5) is 15.4. The van der Waals surface area contributed by atoms with Gasteiger partial charge in [0.15, 0.2) is 5.84 Å². The van der Waals surface area contributed by atoms with Crippen LogP contribution >= 0.6 is 0 Å². The van der Waals surface area contributed by atoms with Crippen molar-refractivity contribution in [3.8, 4) is 0 Å². The third-order valence-electron chi connectivity index (χ3n) is 7.74. The minimum absolute atomic E-state index is 0. The zero-order valence-corrected chi connectivity index (χ0v) is 24.4. The van der Waals surface area contributed by atoms with Crippen molar-refractivity contribution in [1.82, 2.24) is 4.90 Å². The van der Waals surface area contributed by atoms with E-state index in [2.05, 4.69) is 14.4 Å². The maximum atomic E-state index is 13.9. The SMILES string of the molecule is CS(=O)Nc1ccc2c(c1)S(=O)(=O)N=C(C1=C([O-])[C@@H]3C4CC[C@H](C4)[C@@H]3N(Cc3ccc(F)cc3)C1=O)N2.[Na+]. The average molecular weight is 567 g/mol. The monoisotopic (exact) mass is 566 g/mol. The minimum atomic E-state index is -4.26. The standard InChI is InChI=1S/C25H25FN4O5S2.Na/c1-36(33)28-17-8-9-18-19(11-17)37(34,35)29-24(27-18)21-23(31)20-14-4-5-15(10-14)22(20)30(25(21)32)12-13-2-6-16(26)7-3-13;/h2-3,6-9,11,14-15,20,22,28,31H,4-5,10,12H2,1H3,(H,27,29);/q;+1/p-1/t14?,15-,20-,22+,36?;/m1./s1. The molecule has 1 amide bonds. The summed E-state index contributed by atoms with van der Waals surface area (Å²) in [6.45, 7) is 0.181. The molecule has 38 heavy (non-hydrogen) atoms. The molecule has 2 aliphatic heterocycles. The molecule has 2 unspecified atom stereocenters. The maximum Gasteiger partial charge on any atom is 1.00 e. The summed E-state index contributed by atoms with van der Waals surface area (Å²) < 4.78 is 57.7. The van der Waals surface area contributed by atoms with Crippen LogP contribution in [-0.2, 0) is 32.3 Å². The van der Waals surface area contributed by atoms with Gasteiger partial charge < -0.3 is 20.0 Å². The third kappa shape index (κ3) is 4.60. The molecule has 2 fully saturated rings. The van der Waals surface area contributed by atoms with Crippen molar-refractivity contribution in [3.63, 3.8) is 0 Å². The Bertz CT molecular complexity index is 1510. The number of sulfonamides is 1. The Morgan fingerprint density at radius 2 is 1.89 bits per heavy atom. The second kappa shape index (κ2) is 10.1. The van der Waals surface area contributed by atoms with Crippen LogP contribution in [0.15, 0.2) is 63.1 Å². The average Bonchev–Trinajstić information content (AvgIpc) is 3.45. The van der Waals surface area contributed by atoms with Gasteiger partial charge in [0.1, 0.15) is 21.7 Å². The summed E-state index contributed by atoms with van der Waals surface area (Å²) in [5, 5.41) is 16.6. The molecule has 2 N–H and O–H groups in total. The number of benzene rings is 2. The van der Waals surface area contributed by atoms with Gasteiger partial charge in [-0.3, -0.25) is 4.79 Å². The van der Waals surface area contributed by atoms with Gasteiger partial charge in [-0.25, -0.2) is 8.60 Å². The molecular formula is C25H24FN4NaO5S2. The smallest absolute Gasteiger partial charge is 0.875 e. The Hall–Kier alpha value is -2.25. The molecule has 4 aliphatic rings. The first-order valence-electron chi connectivity index (χ1n) is 12.0. The molecule has 2 bridgehead atoms. The molecular weight excluding hydrogens is 542 g/mol. The summed E-state index contributed by atoms with van der Waals surface area (Å²) in [5.74, 6) is -1.72. The fourth-order valence-corrected chi connectivity index (χ4v) is 7.92. The van der Waals surface area contributed by atoms with Crippen LogP contribution in [0, 0.1) is 23.6 Å². The number of carbonyl (C=O) groups is 1. The van der Waals surface area contributed by atoms with Crippen molar-refractivity contribution in [1.29, 1.82) is 0 Å². The second-order valence-corrected chi connectivity index (χ2v) is 12.6. The number of anilines is 2. The Kier molecular flexibility index (Phi) is 7.23. The molecule has 0 aromatic heterocycles. The van der Waals surface area contributed by atoms with Crippen LogP contribution in [0.5, 0.6) is 0 Å². The first-order valence-corrected chi connectivity index (χ1v) is 15.0. The zero-order valence-electron chi connectivity index (χ0n) is 20.8. The van der Waals surface area contributed by atoms with Gasteiger partial charge in [-0.2, -0.15) is 8.42 Å². The molecule has 0 spiro atoms. The summed E-state index contributed by atoms with van der Waals surface area (Å²) in [7, 11) is -5.67. The quantitative estimate of drug-likeness (QED) is 0.452. The Morgan fingerprint density at radius 1 is 1.18 bits per heavy atom. The van der Waals surface area contributed by atoms with Crippen molar-refractivity contribution in [2.75, 3.05) is 16.3 Å². The number of rotatable bonds is 5. The summed E-state index contributed by atoms with van der Waals surface area (Å²) in [5.41, 5.74) is 0.957. The number of hydrogen-bond donors (Lipinski definition) is 2. The van der Waals surface area contributed by atoms with Gasteiger partial charge in [0, 0.05) is 24.5 Å². The molecule has 2 aromatic rings. The second-order valence-electron chi connectivity index (χ2n) is 9.96. The van der Waals surface area contributed by atoms with Crippen LogP contribution in [0.3, 0.4) is 0 Å². The summed E-state index contributed by atoms with van der Waals surface area (Å²) in [6, 6.07) is 9.92. The van der Waals surface area contributed by atoms with Gasteiger partial charge in [0.25, 0.3) is 15.9 Å². The fraction of sp³-hybridized carbons (Fsp3) is 0.360. The van der Waals surface area contributed by atoms with E-state index in [0.29, 0.717) is 5.69 Å². The molecule has 2 saturated carbocycles. The van der Waals surface area contributed by atoms with E-state index in [1.54, 1.807) is 23.1 Å². The van der Waals surface area contributed by atoms with E-state index in [4.69, 9.17) is 0 Å². The number of fused-ring (bicyclic) bond motifs is 6. The molecule has 13 heteroatoms. The molecule has 0 radical (unpaired) electrons. The van der Waals surface area contributed by atoms with Crippen molar-refractivity contribution in [3.05, 3.63) is 65.2 Å². The first kappa shape index (κ1) is 27.3. The van der Waals surface area contributed by atoms with E-state index in [9.17, 15) is 26.9 Å². The largest absolute Gasteiger partial charge is 1.00 e. The van der Waals surface area contributed by atoms with E-state index in [-0.39, 0.29) is 87.5 Å². The van der Waals surface area contributed by atoms with Crippen LogP contribution in [0.4, 0.5) is 15.8 Å². The summed E-state index contributed by atoms with van der Waals surface area (Å²) in [6.07, 6.45) is 4.08. The maximum absolute atomic E-state index is 13.9. The Balaban J connectivity index is 0.00000294. The van der Waals surface area contributed by atoms with Crippen LogP contribution in [-0.4, -0.2) is 41.6 Å². The normalized spacial score (nSPS) is 27.6. The van der Waals surface area contributed by atoms with E-state index in [1.165, 1.54) is 30.5 Å². The van der Waals surface area contributed by atoms with Gasteiger partial charge in [-0.15, -0.1) is 10.2 Å². The molecule has 6 rings (SSSR count). The molecule has 0 saturated heterocycles. The van der Waals surface area contributed by atoms with E-state index in [1.807, 2.05) is 0 Å².